The zero-order valence-corrected chi connectivity index (χ0v) is 13.8. The molecule has 1 aromatic heterocycles. The van der Waals surface area contributed by atoms with Crippen LogP contribution in [0.3, 0.4) is 0 Å². The number of hydrogen-bond acceptors (Lipinski definition) is 4. The van der Waals surface area contributed by atoms with Crippen molar-refractivity contribution in [3.05, 3.63) is 22.4 Å². The van der Waals surface area contributed by atoms with E-state index in [1.807, 2.05) is 4.90 Å². The third kappa shape index (κ3) is 2.94. The summed E-state index contributed by atoms with van der Waals surface area (Å²) in [5, 5.41) is 4.36. The normalized spacial score (nSPS) is 32.4. The van der Waals surface area contributed by atoms with E-state index < -0.39 is 0 Å². The number of piperidine rings is 1. The summed E-state index contributed by atoms with van der Waals surface area (Å²) in [5.41, 5.74) is 1.39. The van der Waals surface area contributed by atoms with E-state index in [4.69, 9.17) is 4.74 Å². The van der Waals surface area contributed by atoms with Gasteiger partial charge in [-0.1, -0.05) is 0 Å². The molecule has 3 fully saturated rings. The van der Waals surface area contributed by atoms with E-state index >= 15 is 0 Å². The number of hydrogen-bond donors (Lipinski definition) is 0. The fourth-order valence-electron chi connectivity index (χ4n) is 4.08. The number of carbonyl (C=O) groups is 1. The van der Waals surface area contributed by atoms with Gasteiger partial charge in [0.05, 0.1) is 6.10 Å². The molecule has 5 heteroatoms. The molecular weight excluding hydrogens is 296 g/mol. The molecule has 1 amide bonds. The molecule has 0 bridgehead atoms. The molecule has 0 saturated carbocycles. The fraction of sp³-hybridized carbons (Fsp3) is 0.706. The van der Waals surface area contributed by atoms with Gasteiger partial charge in [0, 0.05) is 26.2 Å². The Bertz CT molecular complexity index is 513. The first kappa shape index (κ1) is 14.7. The topological polar surface area (TPSA) is 32.8 Å². The average molecular weight is 320 g/mol. The minimum absolute atomic E-state index is 0.172. The van der Waals surface area contributed by atoms with Crippen LogP contribution in [0.1, 0.15) is 31.2 Å². The smallest absolute Gasteiger partial charge is 0.251 e. The standard InChI is InChI=1S/C17H24N2O2S/c20-17(19-5-1-2-6-19)15-9-14-3-7-18(11-16(14)21-15)10-13-4-8-22-12-13/h4,8,12,14-16H,1-3,5-7,9-11H2/t14-,15-,16-/m0/s1. The summed E-state index contributed by atoms with van der Waals surface area (Å²) >= 11 is 1.76. The van der Waals surface area contributed by atoms with Gasteiger partial charge >= 0.3 is 0 Å². The summed E-state index contributed by atoms with van der Waals surface area (Å²) in [4.78, 5) is 17.0. The van der Waals surface area contributed by atoms with Crippen molar-refractivity contribution >= 4 is 17.2 Å². The maximum atomic E-state index is 12.5. The molecule has 22 heavy (non-hydrogen) atoms. The van der Waals surface area contributed by atoms with Crippen LogP contribution < -0.4 is 0 Å². The first-order valence-corrected chi connectivity index (χ1v) is 9.41. The van der Waals surface area contributed by atoms with Gasteiger partial charge in [-0.2, -0.15) is 11.3 Å². The largest absolute Gasteiger partial charge is 0.364 e. The van der Waals surface area contributed by atoms with Crippen molar-refractivity contribution in [3.63, 3.8) is 0 Å². The van der Waals surface area contributed by atoms with Crippen molar-refractivity contribution < 1.29 is 9.53 Å². The third-order valence-corrected chi connectivity index (χ3v) is 6.05. The fourth-order valence-corrected chi connectivity index (χ4v) is 4.74. The Morgan fingerprint density at radius 1 is 1.32 bits per heavy atom. The van der Waals surface area contributed by atoms with Crippen LogP contribution in [0.25, 0.3) is 0 Å². The molecule has 4 rings (SSSR count). The summed E-state index contributed by atoms with van der Waals surface area (Å²) in [6.45, 7) is 4.98. The number of nitrogens with zero attached hydrogens (tertiary/aromatic N) is 2. The van der Waals surface area contributed by atoms with E-state index in [0.29, 0.717) is 5.92 Å². The highest BCUT2D eigenvalue weighted by atomic mass is 32.1. The number of amides is 1. The molecule has 4 heterocycles. The van der Waals surface area contributed by atoms with Crippen LogP contribution in [-0.4, -0.2) is 54.1 Å². The van der Waals surface area contributed by atoms with Crippen LogP contribution in [0.15, 0.2) is 16.8 Å². The van der Waals surface area contributed by atoms with Crippen LogP contribution in [0, 0.1) is 5.92 Å². The molecule has 3 atom stereocenters. The minimum atomic E-state index is -0.172. The number of fused-ring (bicyclic) bond motifs is 1. The van der Waals surface area contributed by atoms with E-state index in [2.05, 4.69) is 21.7 Å². The molecule has 120 valence electrons. The molecule has 0 aliphatic carbocycles. The Morgan fingerprint density at radius 2 is 2.18 bits per heavy atom. The number of ether oxygens (including phenoxy) is 1. The van der Waals surface area contributed by atoms with Gasteiger partial charge in [-0.05, 0) is 60.5 Å². The van der Waals surface area contributed by atoms with Gasteiger partial charge in [0.25, 0.3) is 5.91 Å². The molecule has 0 spiro atoms. The molecule has 0 unspecified atom stereocenters. The Kier molecular flexibility index (Phi) is 4.20. The van der Waals surface area contributed by atoms with Crippen molar-refractivity contribution in [2.24, 2.45) is 5.92 Å². The molecule has 3 aliphatic rings. The highest BCUT2D eigenvalue weighted by Gasteiger charge is 2.43. The lowest BCUT2D eigenvalue weighted by atomic mass is 9.91. The SMILES string of the molecule is O=C([C@@H]1C[C@@H]2CCN(Cc3ccsc3)C[C@@H]2O1)N1CCCC1. The zero-order chi connectivity index (χ0) is 14.9. The second-order valence-electron chi connectivity index (χ2n) is 6.85. The Labute approximate surface area is 136 Å². The van der Waals surface area contributed by atoms with E-state index in [0.717, 1.165) is 52.0 Å². The van der Waals surface area contributed by atoms with Gasteiger partial charge in [-0.15, -0.1) is 0 Å². The van der Waals surface area contributed by atoms with Gasteiger partial charge in [-0.3, -0.25) is 9.69 Å². The molecule has 4 nitrogen and oxygen atoms in total. The maximum Gasteiger partial charge on any atom is 0.251 e. The van der Waals surface area contributed by atoms with Gasteiger partial charge in [0.2, 0.25) is 0 Å². The molecule has 0 radical (unpaired) electrons. The Morgan fingerprint density at radius 3 is 2.95 bits per heavy atom. The second-order valence-corrected chi connectivity index (χ2v) is 7.63. The number of thiophene rings is 1. The van der Waals surface area contributed by atoms with Crippen LogP contribution in [0.2, 0.25) is 0 Å². The van der Waals surface area contributed by atoms with Crippen LogP contribution in [0.4, 0.5) is 0 Å². The van der Waals surface area contributed by atoms with Crippen molar-refractivity contribution in [2.75, 3.05) is 26.2 Å². The van der Waals surface area contributed by atoms with Gasteiger partial charge in [0.15, 0.2) is 0 Å². The second kappa shape index (κ2) is 6.30. The summed E-state index contributed by atoms with van der Waals surface area (Å²) in [7, 11) is 0. The van der Waals surface area contributed by atoms with E-state index in [1.165, 1.54) is 12.0 Å². The number of likely N-dealkylation sites (tertiary alicyclic amines) is 2. The third-order valence-electron chi connectivity index (χ3n) is 5.32. The summed E-state index contributed by atoms with van der Waals surface area (Å²) < 4.78 is 6.16. The van der Waals surface area contributed by atoms with Crippen LogP contribution in [-0.2, 0) is 16.1 Å². The Hall–Kier alpha value is -0.910. The first-order valence-electron chi connectivity index (χ1n) is 8.47. The molecule has 1 aromatic rings. The lowest BCUT2D eigenvalue weighted by molar-refractivity contribution is -0.142. The summed E-state index contributed by atoms with van der Waals surface area (Å²) in [5.74, 6) is 0.826. The van der Waals surface area contributed by atoms with Crippen molar-refractivity contribution in [2.45, 2.75) is 44.4 Å². The lowest BCUT2D eigenvalue weighted by Crippen LogP contribution is -2.42. The molecule has 3 saturated heterocycles. The molecular formula is C17H24N2O2S. The predicted octanol–water partition coefficient (Wildman–Crippen LogP) is 2.35. The molecule has 0 aromatic carbocycles. The highest BCUT2D eigenvalue weighted by Crippen LogP contribution is 2.34. The van der Waals surface area contributed by atoms with Gasteiger partial charge in [0.1, 0.15) is 6.10 Å². The quantitative estimate of drug-likeness (QED) is 0.857. The lowest BCUT2D eigenvalue weighted by Gasteiger charge is -2.33. The van der Waals surface area contributed by atoms with Gasteiger partial charge in [-0.25, -0.2) is 0 Å². The monoisotopic (exact) mass is 320 g/mol. The van der Waals surface area contributed by atoms with Gasteiger partial charge < -0.3 is 9.64 Å². The molecule has 0 N–H and O–H groups in total. The minimum Gasteiger partial charge on any atom is -0.364 e. The Balaban J connectivity index is 1.34. The predicted molar refractivity (Wildman–Crippen MR) is 86.8 cm³/mol. The van der Waals surface area contributed by atoms with E-state index in [9.17, 15) is 4.79 Å². The van der Waals surface area contributed by atoms with Crippen LogP contribution >= 0.6 is 11.3 Å². The average Bonchev–Trinajstić information content (AvgIpc) is 3.27. The summed E-state index contributed by atoms with van der Waals surface area (Å²) in [6.07, 6.45) is 4.49. The zero-order valence-electron chi connectivity index (χ0n) is 12.9. The number of carbonyl (C=O) groups excluding carboxylic acids is 1. The summed E-state index contributed by atoms with van der Waals surface area (Å²) in [6, 6.07) is 2.20. The first-order chi connectivity index (χ1) is 10.8. The molecule has 3 aliphatic heterocycles. The van der Waals surface area contributed by atoms with Crippen molar-refractivity contribution in [1.29, 1.82) is 0 Å². The maximum absolute atomic E-state index is 12.5. The van der Waals surface area contributed by atoms with E-state index in [-0.39, 0.29) is 18.1 Å². The van der Waals surface area contributed by atoms with Crippen molar-refractivity contribution in [1.82, 2.24) is 9.80 Å². The van der Waals surface area contributed by atoms with Crippen LogP contribution in [0.5, 0.6) is 0 Å². The van der Waals surface area contributed by atoms with E-state index in [1.54, 1.807) is 11.3 Å². The highest BCUT2D eigenvalue weighted by molar-refractivity contribution is 7.07. The van der Waals surface area contributed by atoms with Crippen molar-refractivity contribution in [3.8, 4) is 0 Å². The number of rotatable bonds is 3.